The van der Waals surface area contributed by atoms with Crippen LogP contribution in [0.1, 0.15) is 56.2 Å². The number of rotatable bonds is 16. The molecular formula is C36H50N4O5. The van der Waals surface area contributed by atoms with Crippen LogP contribution >= 0.6 is 0 Å². The van der Waals surface area contributed by atoms with Gasteiger partial charge in [-0.15, -0.1) is 0 Å². The average Bonchev–Trinajstić information content (AvgIpc) is 2.99. The number of nitrogens with one attached hydrogen (secondary N) is 2. The van der Waals surface area contributed by atoms with Crippen molar-refractivity contribution in [2.75, 3.05) is 70.9 Å². The molecule has 2 N–H and O–H groups in total. The predicted molar refractivity (Wildman–Crippen MR) is 182 cm³/mol. The zero-order chi connectivity index (χ0) is 32.8. The highest BCUT2D eigenvalue weighted by Gasteiger charge is 2.18. The van der Waals surface area contributed by atoms with Gasteiger partial charge in [0.05, 0.1) is 19.8 Å². The van der Waals surface area contributed by atoms with Crippen LogP contribution in [0.2, 0.25) is 0 Å². The molecule has 0 spiro atoms. The second-order valence-corrected chi connectivity index (χ2v) is 12.3. The Balaban J connectivity index is 1.44. The van der Waals surface area contributed by atoms with Crippen molar-refractivity contribution in [2.45, 2.75) is 45.1 Å². The standard InChI is InChI=1S/C36H50N4O5/c1-36(2,3)45-35(42)38-23-26-43-25-22-37-33(41)9-8-24-44-32-20-14-29(15-21-32)34(27-10-16-30(17-11-27)39(4)5)28-12-18-31(19-13-28)40(6)7/h10-21,34H,8-9,22-26H2,1-7H3,(H,37,41)(H,38,42). The van der Waals surface area contributed by atoms with Gasteiger partial charge >= 0.3 is 6.09 Å². The van der Waals surface area contributed by atoms with Gasteiger partial charge < -0.3 is 34.6 Å². The summed E-state index contributed by atoms with van der Waals surface area (Å²) in [6.07, 6.45) is 0.498. The van der Waals surface area contributed by atoms with Gasteiger partial charge in [0.15, 0.2) is 0 Å². The molecule has 0 radical (unpaired) electrons. The van der Waals surface area contributed by atoms with E-state index in [4.69, 9.17) is 14.2 Å². The number of anilines is 2. The van der Waals surface area contributed by atoms with E-state index >= 15 is 0 Å². The first kappa shape index (κ1) is 35.2. The summed E-state index contributed by atoms with van der Waals surface area (Å²) in [6.45, 7) is 7.33. The van der Waals surface area contributed by atoms with Gasteiger partial charge in [0.1, 0.15) is 11.4 Å². The maximum atomic E-state index is 12.2. The minimum Gasteiger partial charge on any atom is -0.494 e. The van der Waals surface area contributed by atoms with Crippen LogP contribution < -0.4 is 25.2 Å². The van der Waals surface area contributed by atoms with Crippen LogP contribution in [0, 0.1) is 0 Å². The molecule has 0 atom stereocenters. The van der Waals surface area contributed by atoms with Crippen LogP contribution in [0.3, 0.4) is 0 Å². The van der Waals surface area contributed by atoms with E-state index in [1.165, 1.54) is 16.7 Å². The van der Waals surface area contributed by atoms with Crippen molar-refractivity contribution < 1.29 is 23.8 Å². The number of nitrogens with zero attached hydrogens (tertiary/aromatic N) is 2. The maximum Gasteiger partial charge on any atom is 0.407 e. The molecule has 0 fully saturated rings. The van der Waals surface area contributed by atoms with Crippen LogP contribution in [0.15, 0.2) is 72.8 Å². The molecule has 0 saturated carbocycles. The molecule has 0 aliphatic rings. The number of carbonyl (C=O) groups excluding carboxylic acids is 2. The van der Waals surface area contributed by atoms with Gasteiger partial charge in [-0.1, -0.05) is 36.4 Å². The van der Waals surface area contributed by atoms with Crippen LogP contribution in [-0.4, -0.2) is 78.7 Å². The van der Waals surface area contributed by atoms with E-state index in [0.717, 1.165) is 17.1 Å². The van der Waals surface area contributed by atoms with E-state index in [1.807, 2.05) is 61.1 Å². The Bertz CT molecular complexity index is 1270. The summed E-state index contributed by atoms with van der Waals surface area (Å²) in [5.74, 6) is 0.811. The molecular weight excluding hydrogens is 568 g/mol. The fourth-order valence-electron chi connectivity index (χ4n) is 4.68. The second kappa shape index (κ2) is 17.3. The first-order valence-corrected chi connectivity index (χ1v) is 15.5. The smallest absolute Gasteiger partial charge is 0.407 e. The minimum absolute atomic E-state index is 0.0483. The number of alkyl carbamates (subject to hydrolysis) is 1. The van der Waals surface area contributed by atoms with Crippen molar-refractivity contribution >= 4 is 23.4 Å². The molecule has 0 aromatic heterocycles. The SMILES string of the molecule is CN(C)c1ccc(C(c2ccc(OCCCC(=O)NCCOCCNC(=O)OC(C)(C)C)cc2)c2ccc(N(C)C)cc2)cc1. The van der Waals surface area contributed by atoms with Gasteiger partial charge in [-0.25, -0.2) is 4.79 Å². The topological polar surface area (TPSA) is 92.4 Å². The van der Waals surface area contributed by atoms with Crippen molar-refractivity contribution in [1.29, 1.82) is 0 Å². The van der Waals surface area contributed by atoms with E-state index < -0.39 is 11.7 Å². The van der Waals surface area contributed by atoms with Crippen molar-refractivity contribution in [3.63, 3.8) is 0 Å². The Morgan fingerprint density at radius 3 is 1.62 bits per heavy atom. The molecule has 3 rings (SSSR count). The van der Waals surface area contributed by atoms with Crippen LogP contribution in [-0.2, 0) is 14.3 Å². The molecule has 3 aromatic carbocycles. The Morgan fingerprint density at radius 1 is 0.689 bits per heavy atom. The third-order valence-corrected chi connectivity index (χ3v) is 7.00. The van der Waals surface area contributed by atoms with Crippen molar-refractivity contribution in [3.8, 4) is 5.75 Å². The zero-order valence-electron chi connectivity index (χ0n) is 27.9. The third-order valence-electron chi connectivity index (χ3n) is 7.00. The predicted octanol–water partition coefficient (Wildman–Crippen LogP) is 5.82. The van der Waals surface area contributed by atoms with Gasteiger partial charge in [-0.05, 0) is 80.3 Å². The summed E-state index contributed by atoms with van der Waals surface area (Å²) in [4.78, 5) is 28.0. The summed E-state index contributed by atoms with van der Waals surface area (Å²) >= 11 is 0. The van der Waals surface area contributed by atoms with E-state index in [1.54, 1.807) is 0 Å². The maximum absolute atomic E-state index is 12.2. The third kappa shape index (κ3) is 12.3. The highest BCUT2D eigenvalue weighted by Crippen LogP contribution is 2.34. The molecule has 3 aromatic rings. The first-order valence-electron chi connectivity index (χ1n) is 15.5. The van der Waals surface area contributed by atoms with Gasteiger partial charge in [0.25, 0.3) is 0 Å². The molecule has 244 valence electrons. The normalized spacial score (nSPS) is 11.2. The van der Waals surface area contributed by atoms with Crippen molar-refractivity contribution in [2.24, 2.45) is 0 Å². The number of hydrogen-bond donors (Lipinski definition) is 2. The van der Waals surface area contributed by atoms with Crippen molar-refractivity contribution in [1.82, 2.24) is 10.6 Å². The fraction of sp³-hybridized carbons (Fsp3) is 0.444. The molecule has 0 heterocycles. The summed E-state index contributed by atoms with van der Waals surface area (Å²) in [5, 5.41) is 5.48. The summed E-state index contributed by atoms with van der Waals surface area (Å²) < 4.78 is 16.6. The Morgan fingerprint density at radius 2 is 1.16 bits per heavy atom. The van der Waals surface area contributed by atoms with Gasteiger partial charge in [-0.3, -0.25) is 4.79 Å². The lowest BCUT2D eigenvalue weighted by atomic mass is 9.85. The largest absolute Gasteiger partial charge is 0.494 e. The molecule has 9 heteroatoms. The second-order valence-electron chi connectivity index (χ2n) is 12.3. The summed E-state index contributed by atoms with van der Waals surface area (Å²) in [5.41, 5.74) is 5.42. The monoisotopic (exact) mass is 618 g/mol. The van der Waals surface area contributed by atoms with Crippen molar-refractivity contribution in [3.05, 3.63) is 89.5 Å². The van der Waals surface area contributed by atoms with E-state index in [2.05, 4.69) is 81.1 Å². The summed E-state index contributed by atoms with van der Waals surface area (Å²) in [7, 11) is 8.19. The number of hydrogen-bond acceptors (Lipinski definition) is 7. The Labute approximate surface area is 268 Å². The Hall–Kier alpha value is -4.24. The molecule has 0 saturated heterocycles. The molecule has 0 bridgehead atoms. The van der Waals surface area contributed by atoms with Crippen LogP contribution in [0.5, 0.6) is 5.75 Å². The van der Waals surface area contributed by atoms with Crippen LogP contribution in [0.25, 0.3) is 0 Å². The van der Waals surface area contributed by atoms with E-state index in [0.29, 0.717) is 45.8 Å². The lowest BCUT2D eigenvalue weighted by Crippen LogP contribution is -2.34. The molecule has 9 nitrogen and oxygen atoms in total. The minimum atomic E-state index is -0.534. The van der Waals surface area contributed by atoms with Crippen LogP contribution in [0.4, 0.5) is 16.2 Å². The Kier molecular flexibility index (Phi) is 13.5. The number of amides is 2. The first-order chi connectivity index (χ1) is 21.4. The molecule has 2 amide bonds. The lowest BCUT2D eigenvalue weighted by Gasteiger charge is -2.22. The molecule has 0 aliphatic carbocycles. The highest BCUT2D eigenvalue weighted by atomic mass is 16.6. The van der Waals surface area contributed by atoms with E-state index in [9.17, 15) is 9.59 Å². The molecule has 45 heavy (non-hydrogen) atoms. The number of carbonyl (C=O) groups is 2. The van der Waals surface area contributed by atoms with Gasteiger partial charge in [0, 0.05) is 65.0 Å². The number of ether oxygens (including phenoxy) is 3. The molecule has 0 aliphatic heterocycles. The van der Waals surface area contributed by atoms with Gasteiger partial charge in [0.2, 0.25) is 5.91 Å². The molecule has 0 unspecified atom stereocenters. The summed E-state index contributed by atoms with van der Waals surface area (Å²) in [6, 6.07) is 25.7. The average molecular weight is 619 g/mol. The van der Waals surface area contributed by atoms with E-state index in [-0.39, 0.29) is 11.8 Å². The lowest BCUT2D eigenvalue weighted by molar-refractivity contribution is -0.121. The highest BCUT2D eigenvalue weighted by molar-refractivity contribution is 5.75. The zero-order valence-corrected chi connectivity index (χ0v) is 27.9. The fourth-order valence-corrected chi connectivity index (χ4v) is 4.68. The number of benzene rings is 3. The quantitative estimate of drug-likeness (QED) is 0.155. The van der Waals surface area contributed by atoms with Gasteiger partial charge in [-0.2, -0.15) is 0 Å².